The number of nitrogens with zero attached hydrogens (tertiary/aromatic N) is 1. The van der Waals surface area contributed by atoms with Crippen molar-refractivity contribution in [3.05, 3.63) is 23.5 Å². The number of ketones is 1. The molecule has 1 aromatic rings. The minimum atomic E-state index is -0.626. The number of anilines is 1. The van der Waals surface area contributed by atoms with Crippen molar-refractivity contribution in [2.45, 2.75) is 6.92 Å². The SMILES string of the molecule is CC(=O)c1cc(N)c(F)cc1N=C=S. The van der Waals surface area contributed by atoms with E-state index in [-0.39, 0.29) is 22.7 Å². The summed E-state index contributed by atoms with van der Waals surface area (Å²) in [5.41, 5.74) is 5.61. The lowest BCUT2D eigenvalue weighted by Crippen LogP contribution is -1.98. The summed E-state index contributed by atoms with van der Waals surface area (Å²) < 4.78 is 13.0. The van der Waals surface area contributed by atoms with Gasteiger partial charge >= 0.3 is 0 Å². The molecule has 14 heavy (non-hydrogen) atoms. The summed E-state index contributed by atoms with van der Waals surface area (Å²) in [6, 6.07) is 2.30. The zero-order valence-electron chi connectivity index (χ0n) is 7.37. The molecule has 0 aliphatic rings. The molecular weight excluding hydrogens is 203 g/mol. The smallest absolute Gasteiger partial charge is 0.162 e. The summed E-state index contributed by atoms with van der Waals surface area (Å²) in [5, 5.41) is 2.07. The molecule has 0 aliphatic heterocycles. The summed E-state index contributed by atoms with van der Waals surface area (Å²) in [5.74, 6) is -0.875. The van der Waals surface area contributed by atoms with Crippen LogP contribution in [0, 0.1) is 5.82 Å². The molecule has 5 heteroatoms. The quantitative estimate of drug-likeness (QED) is 0.353. The molecule has 0 amide bonds. The first-order valence-electron chi connectivity index (χ1n) is 3.74. The van der Waals surface area contributed by atoms with Gasteiger partial charge < -0.3 is 5.73 Å². The molecule has 1 rings (SSSR count). The van der Waals surface area contributed by atoms with Gasteiger partial charge in [0.25, 0.3) is 0 Å². The second kappa shape index (κ2) is 4.09. The van der Waals surface area contributed by atoms with Gasteiger partial charge in [0.1, 0.15) is 5.82 Å². The molecule has 0 saturated heterocycles. The zero-order valence-corrected chi connectivity index (χ0v) is 8.19. The van der Waals surface area contributed by atoms with Gasteiger partial charge in [-0.3, -0.25) is 4.79 Å². The molecule has 0 radical (unpaired) electrons. The Bertz CT molecular complexity index is 412. The van der Waals surface area contributed by atoms with Crippen molar-refractivity contribution in [2.75, 3.05) is 5.73 Å². The molecule has 1 aromatic carbocycles. The fourth-order valence-electron chi connectivity index (χ4n) is 1.00. The van der Waals surface area contributed by atoms with Gasteiger partial charge in [0.05, 0.1) is 16.5 Å². The van der Waals surface area contributed by atoms with Crippen molar-refractivity contribution in [1.82, 2.24) is 0 Å². The Kier molecular flexibility index (Phi) is 3.06. The number of hydrogen-bond donors (Lipinski definition) is 1. The maximum atomic E-state index is 13.0. The van der Waals surface area contributed by atoms with Gasteiger partial charge in [0.15, 0.2) is 5.78 Å². The Balaban J connectivity index is 3.45. The molecule has 0 aromatic heterocycles. The van der Waals surface area contributed by atoms with Crippen molar-refractivity contribution in [1.29, 1.82) is 0 Å². The first-order chi connectivity index (χ1) is 6.56. The van der Waals surface area contributed by atoms with Crippen LogP contribution in [0.3, 0.4) is 0 Å². The van der Waals surface area contributed by atoms with Crippen LogP contribution in [0.2, 0.25) is 0 Å². The molecule has 0 unspecified atom stereocenters. The normalized spacial score (nSPS) is 9.29. The van der Waals surface area contributed by atoms with Crippen LogP contribution in [0.1, 0.15) is 17.3 Å². The van der Waals surface area contributed by atoms with Crippen molar-refractivity contribution in [2.24, 2.45) is 4.99 Å². The molecule has 0 bridgehead atoms. The molecule has 0 saturated carbocycles. The minimum absolute atomic E-state index is 0.0847. The number of carbonyl (C=O) groups is 1. The standard InChI is InChI=1S/C9H7FN2OS/c1-5(13)6-2-8(11)7(10)3-9(6)12-4-14/h2-3H,11H2,1H3. The topological polar surface area (TPSA) is 55.5 Å². The first-order valence-corrected chi connectivity index (χ1v) is 4.15. The molecule has 0 heterocycles. The number of nitrogens with two attached hydrogens (primary N) is 1. The van der Waals surface area contributed by atoms with E-state index in [9.17, 15) is 9.18 Å². The fourth-order valence-corrected chi connectivity index (χ4v) is 1.10. The van der Waals surface area contributed by atoms with Crippen LogP contribution in [0.4, 0.5) is 15.8 Å². The number of thiocarbonyl (C=S) groups is 1. The van der Waals surface area contributed by atoms with E-state index >= 15 is 0 Å². The van der Waals surface area contributed by atoms with E-state index in [1.165, 1.54) is 13.0 Å². The number of aliphatic imine (C=N–C) groups is 1. The number of benzene rings is 1. The van der Waals surface area contributed by atoms with Gasteiger partial charge in [-0.2, -0.15) is 4.99 Å². The highest BCUT2D eigenvalue weighted by Gasteiger charge is 2.10. The molecule has 2 N–H and O–H groups in total. The Morgan fingerprint density at radius 2 is 2.29 bits per heavy atom. The molecule has 0 atom stereocenters. The third kappa shape index (κ3) is 2.02. The van der Waals surface area contributed by atoms with E-state index in [1.807, 2.05) is 0 Å². The fraction of sp³-hybridized carbons (Fsp3) is 0.111. The van der Waals surface area contributed by atoms with Gasteiger partial charge in [-0.15, -0.1) is 0 Å². The minimum Gasteiger partial charge on any atom is -0.396 e. The number of nitrogen functional groups attached to an aromatic ring is 1. The zero-order chi connectivity index (χ0) is 10.7. The van der Waals surface area contributed by atoms with E-state index in [4.69, 9.17) is 5.73 Å². The number of rotatable bonds is 2. The highest BCUT2D eigenvalue weighted by molar-refractivity contribution is 7.78. The van der Waals surface area contributed by atoms with E-state index < -0.39 is 5.82 Å². The Labute approximate surface area is 85.4 Å². The van der Waals surface area contributed by atoms with Crippen LogP contribution in [0.5, 0.6) is 0 Å². The van der Waals surface area contributed by atoms with Crippen LogP contribution in [-0.2, 0) is 0 Å². The van der Waals surface area contributed by atoms with Crippen molar-refractivity contribution < 1.29 is 9.18 Å². The summed E-state index contributed by atoms with van der Waals surface area (Å²) in [6.07, 6.45) is 0. The molecule has 0 fully saturated rings. The summed E-state index contributed by atoms with van der Waals surface area (Å²) in [7, 11) is 0. The Morgan fingerprint density at radius 1 is 1.64 bits per heavy atom. The number of Topliss-reactive ketones (excluding diaryl/α,β-unsaturated/α-hetero) is 1. The number of isothiocyanates is 1. The molecule has 0 spiro atoms. The summed E-state index contributed by atoms with van der Waals surface area (Å²) in [6.45, 7) is 1.34. The van der Waals surface area contributed by atoms with Crippen molar-refractivity contribution >= 4 is 34.5 Å². The molecule has 0 aliphatic carbocycles. The summed E-state index contributed by atoms with van der Waals surface area (Å²) in [4.78, 5) is 14.7. The Morgan fingerprint density at radius 3 is 2.79 bits per heavy atom. The maximum Gasteiger partial charge on any atom is 0.162 e. The lowest BCUT2D eigenvalue weighted by molar-refractivity contribution is 0.101. The number of carbonyl (C=O) groups excluding carboxylic acids is 1. The molecule has 3 nitrogen and oxygen atoms in total. The average molecular weight is 210 g/mol. The maximum absolute atomic E-state index is 13.0. The van der Waals surface area contributed by atoms with E-state index in [2.05, 4.69) is 22.4 Å². The molecule has 72 valence electrons. The predicted molar refractivity (Wildman–Crippen MR) is 55.5 cm³/mol. The number of halogens is 1. The van der Waals surface area contributed by atoms with Gasteiger partial charge in [0.2, 0.25) is 0 Å². The van der Waals surface area contributed by atoms with Crippen LogP contribution in [0.25, 0.3) is 0 Å². The average Bonchev–Trinajstić information content (AvgIpc) is 2.11. The van der Waals surface area contributed by atoms with E-state index in [0.717, 1.165) is 6.07 Å². The van der Waals surface area contributed by atoms with Crippen molar-refractivity contribution in [3.63, 3.8) is 0 Å². The van der Waals surface area contributed by atoms with Gasteiger partial charge in [-0.25, -0.2) is 4.39 Å². The van der Waals surface area contributed by atoms with Gasteiger partial charge in [-0.1, -0.05) is 0 Å². The highest BCUT2D eigenvalue weighted by atomic mass is 32.1. The largest absolute Gasteiger partial charge is 0.396 e. The van der Waals surface area contributed by atoms with Crippen LogP contribution < -0.4 is 5.73 Å². The van der Waals surface area contributed by atoms with Crippen LogP contribution in [0.15, 0.2) is 17.1 Å². The second-order valence-corrected chi connectivity index (χ2v) is 2.83. The second-order valence-electron chi connectivity index (χ2n) is 2.65. The van der Waals surface area contributed by atoms with Crippen LogP contribution >= 0.6 is 12.2 Å². The van der Waals surface area contributed by atoms with E-state index in [0.29, 0.717) is 0 Å². The third-order valence-electron chi connectivity index (χ3n) is 1.66. The third-order valence-corrected chi connectivity index (χ3v) is 1.75. The van der Waals surface area contributed by atoms with Gasteiger partial charge in [-0.05, 0) is 25.2 Å². The first kappa shape index (κ1) is 10.5. The highest BCUT2D eigenvalue weighted by Crippen LogP contribution is 2.24. The summed E-state index contributed by atoms with van der Waals surface area (Å²) >= 11 is 4.37. The van der Waals surface area contributed by atoms with Crippen molar-refractivity contribution in [3.8, 4) is 0 Å². The van der Waals surface area contributed by atoms with Crippen LogP contribution in [-0.4, -0.2) is 10.9 Å². The molecular formula is C9H7FN2OS. The van der Waals surface area contributed by atoms with E-state index in [1.54, 1.807) is 0 Å². The number of hydrogen-bond acceptors (Lipinski definition) is 4. The monoisotopic (exact) mass is 210 g/mol. The lowest BCUT2D eigenvalue weighted by atomic mass is 10.1. The Hall–Kier alpha value is -1.58. The van der Waals surface area contributed by atoms with Gasteiger partial charge in [0, 0.05) is 11.6 Å². The lowest BCUT2D eigenvalue weighted by Gasteiger charge is -2.03. The predicted octanol–water partition coefficient (Wildman–Crippen LogP) is 2.34.